The molecule has 146 valence electrons. The van der Waals surface area contributed by atoms with E-state index in [1.54, 1.807) is 0 Å². The molecule has 2 saturated heterocycles. The minimum Gasteiger partial charge on any atom is -0.339 e. The van der Waals surface area contributed by atoms with Crippen LogP contribution < -0.4 is 0 Å². The smallest absolute Gasteiger partial charge is 0.228 e. The molecule has 1 aromatic rings. The van der Waals surface area contributed by atoms with Gasteiger partial charge in [0.1, 0.15) is 0 Å². The Kier molecular flexibility index (Phi) is 5.82. The van der Waals surface area contributed by atoms with Crippen molar-refractivity contribution in [2.24, 2.45) is 11.8 Å². The molecule has 2 aliphatic heterocycles. The van der Waals surface area contributed by atoms with Crippen molar-refractivity contribution in [1.29, 1.82) is 0 Å². The maximum atomic E-state index is 12.9. The first kappa shape index (κ1) is 19.4. The van der Waals surface area contributed by atoms with Crippen LogP contribution in [0, 0.1) is 11.8 Å². The second-order valence-electron chi connectivity index (χ2n) is 7.84. The Labute approximate surface area is 161 Å². The summed E-state index contributed by atoms with van der Waals surface area (Å²) in [4.78, 5) is 43.0. The molecule has 6 heteroatoms. The first-order chi connectivity index (χ1) is 12.9. The molecule has 1 aromatic carbocycles. The van der Waals surface area contributed by atoms with Crippen LogP contribution in [0.3, 0.4) is 0 Å². The summed E-state index contributed by atoms with van der Waals surface area (Å²) in [5, 5.41) is 0. The van der Waals surface area contributed by atoms with E-state index in [9.17, 15) is 14.4 Å². The third kappa shape index (κ3) is 4.15. The molecule has 0 N–H and O–H groups in total. The molecule has 6 nitrogen and oxygen atoms in total. The van der Waals surface area contributed by atoms with Gasteiger partial charge in [-0.05, 0) is 12.5 Å². The van der Waals surface area contributed by atoms with Gasteiger partial charge in [-0.1, -0.05) is 44.2 Å². The van der Waals surface area contributed by atoms with E-state index < -0.39 is 0 Å². The van der Waals surface area contributed by atoms with Crippen LogP contribution in [0.4, 0.5) is 0 Å². The molecule has 0 aromatic heterocycles. The SMILES string of the molecule is CC(C)C(=O)N1CCN(C(=O)[C@H]2CC(=O)N([C@@H](C)c3ccccc3)C2)CC1. The molecule has 27 heavy (non-hydrogen) atoms. The number of amides is 3. The van der Waals surface area contributed by atoms with E-state index in [1.807, 2.05) is 65.8 Å². The summed E-state index contributed by atoms with van der Waals surface area (Å²) in [6.07, 6.45) is 0.279. The largest absolute Gasteiger partial charge is 0.339 e. The van der Waals surface area contributed by atoms with E-state index in [1.165, 1.54) is 0 Å². The molecule has 2 heterocycles. The van der Waals surface area contributed by atoms with Gasteiger partial charge in [0.15, 0.2) is 0 Å². The number of benzene rings is 1. The molecule has 0 aliphatic carbocycles. The van der Waals surface area contributed by atoms with Crippen molar-refractivity contribution in [1.82, 2.24) is 14.7 Å². The molecule has 2 atom stereocenters. The molecule has 0 bridgehead atoms. The van der Waals surface area contributed by atoms with Crippen LogP contribution in [0.5, 0.6) is 0 Å². The molecule has 0 spiro atoms. The molecule has 2 fully saturated rings. The predicted molar refractivity (Wildman–Crippen MR) is 103 cm³/mol. The summed E-state index contributed by atoms with van der Waals surface area (Å²) in [7, 11) is 0. The van der Waals surface area contributed by atoms with Crippen LogP contribution in [0.1, 0.15) is 38.8 Å². The van der Waals surface area contributed by atoms with Gasteiger partial charge in [0, 0.05) is 45.1 Å². The number of rotatable bonds is 4. The lowest BCUT2D eigenvalue weighted by atomic mass is 10.1. The number of nitrogens with zero attached hydrogens (tertiary/aromatic N) is 3. The fourth-order valence-electron chi connectivity index (χ4n) is 3.95. The molecule has 3 amide bonds. The summed E-state index contributed by atoms with van der Waals surface area (Å²) in [5.74, 6) is -0.0779. The van der Waals surface area contributed by atoms with Crippen molar-refractivity contribution in [3.05, 3.63) is 35.9 Å². The summed E-state index contributed by atoms with van der Waals surface area (Å²) < 4.78 is 0. The Bertz CT molecular complexity index is 696. The van der Waals surface area contributed by atoms with Crippen molar-refractivity contribution < 1.29 is 14.4 Å². The van der Waals surface area contributed by atoms with Gasteiger partial charge < -0.3 is 14.7 Å². The lowest BCUT2D eigenvalue weighted by Crippen LogP contribution is -2.53. The Morgan fingerprint density at radius 3 is 2.15 bits per heavy atom. The second kappa shape index (κ2) is 8.11. The van der Waals surface area contributed by atoms with Gasteiger partial charge in [0.05, 0.1) is 12.0 Å². The second-order valence-corrected chi connectivity index (χ2v) is 7.84. The summed E-state index contributed by atoms with van der Waals surface area (Å²) in [6.45, 7) is 8.53. The standard InChI is InChI=1S/C21H29N3O3/c1-15(2)20(26)22-9-11-23(12-10-22)21(27)18-13-19(25)24(14-18)16(3)17-7-5-4-6-8-17/h4-8,15-16,18H,9-14H2,1-3H3/t16-,18-/m0/s1. The first-order valence-corrected chi connectivity index (χ1v) is 9.80. The van der Waals surface area contributed by atoms with E-state index >= 15 is 0 Å². The third-order valence-corrected chi connectivity index (χ3v) is 5.65. The number of hydrogen-bond acceptors (Lipinski definition) is 3. The average molecular weight is 371 g/mol. The summed E-state index contributed by atoms with van der Waals surface area (Å²) in [5.41, 5.74) is 1.08. The van der Waals surface area contributed by atoms with E-state index in [0.29, 0.717) is 32.7 Å². The van der Waals surface area contributed by atoms with E-state index in [-0.39, 0.29) is 42.0 Å². The van der Waals surface area contributed by atoms with Crippen LogP contribution in [0.25, 0.3) is 0 Å². The predicted octanol–water partition coefficient (Wildman–Crippen LogP) is 1.92. The van der Waals surface area contributed by atoms with Crippen molar-refractivity contribution in [2.45, 2.75) is 33.2 Å². The number of piperazine rings is 1. The van der Waals surface area contributed by atoms with Crippen molar-refractivity contribution in [3.8, 4) is 0 Å². The van der Waals surface area contributed by atoms with Gasteiger partial charge >= 0.3 is 0 Å². The maximum absolute atomic E-state index is 12.9. The Hall–Kier alpha value is -2.37. The molecular formula is C21H29N3O3. The zero-order valence-corrected chi connectivity index (χ0v) is 16.4. The van der Waals surface area contributed by atoms with Crippen LogP contribution in [-0.4, -0.2) is 65.1 Å². The highest BCUT2D eigenvalue weighted by molar-refractivity contribution is 5.89. The van der Waals surface area contributed by atoms with Crippen molar-refractivity contribution >= 4 is 17.7 Å². The number of hydrogen-bond donors (Lipinski definition) is 0. The van der Waals surface area contributed by atoms with Gasteiger partial charge in [0.25, 0.3) is 0 Å². The van der Waals surface area contributed by atoms with Crippen LogP contribution >= 0.6 is 0 Å². The van der Waals surface area contributed by atoms with Crippen LogP contribution in [0.2, 0.25) is 0 Å². The average Bonchev–Trinajstić information content (AvgIpc) is 3.08. The maximum Gasteiger partial charge on any atom is 0.228 e. The van der Waals surface area contributed by atoms with E-state index in [0.717, 1.165) is 5.56 Å². The zero-order chi connectivity index (χ0) is 19.6. The first-order valence-electron chi connectivity index (χ1n) is 9.80. The monoisotopic (exact) mass is 371 g/mol. The Morgan fingerprint density at radius 2 is 1.56 bits per heavy atom. The summed E-state index contributed by atoms with van der Waals surface area (Å²) >= 11 is 0. The molecule has 3 rings (SSSR count). The number of carbonyl (C=O) groups excluding carboxylic acids is 3. The Morgan fingerprint density at radius 1 is 0.963 bits per heavy atom. The molecule has 0 saturated carbocycles. The van der Waals surface area contributed by atoms with Gasteiger partial charge in [0.2, 0.25) is 17.7 Å². The highest BCUT2D eigenvalue weighted by Crippen LogP contribution is 2.29. The topological polar surface area (TPSA) is 60.9 Å². The number of carbonyl (C=O) groups is 3. The van der Waals surface area contributed by atoms with Gasteiger partial charge in [-0.25, -0.2) is 0 Å². The van der Waals surface area contributed by atoms with E-state index in [4.69, 9.17) is 0 Å². The van der Waals surface area contributed by atoms with Crippen molar-refractivity contribution in [3.63, 3.8) is 0 Å². The minimum atomic E-state index is -0.281. The van der Waals surface area contributed by atoms with Crippen molar-refractivity contribution in [2.75, 3.05) is 32.7 Å². The fraction of sp³-hybridized carbons (Fsp3) is 0.571. The highest BCUT2D eigenvalue weighted by atomic mass is 16.2. The van der Waals surface area contributed by atoms with Gasteiger partial charge in [-0.15, -0.1) is 0 Å². The lowest BCUT2D eigenvalue weighted by Gasteiger charge is -2.36. The quantitative estimate of drug-likeness (QED) is 0.812. The molecule has 2 aliphatic rings. The van der Waals surface area contributed by atoms with Crippen LogP contribution in [0.15, 0.2) is 30.3 Å². The number of likely N-dealkylation sites (tertiary alicyclic amines) is 1. The van der Waals surface area contributed by atoms with Gasteiger partial charge in [-0.3, -0.25) is 14.4 Å². The molecular weight excluding hydrogens is 342 g/mol. The fourth-order valence-corrected chi connectivity index (χ4v) is 3.95. The van der Waals surface area contributed by atoms with E-state index in [2.05, 4.69) is 0 Å². The lowest BCUT2D eigenvalue weighted by molar-refractivity contribution is -0.143. The third-order valence-electron chi connectivity index (χ3n) is 5.65. The molecule has 0 unspecified atom stereocenters. The minimum absolute atomic E-state index is 0.0206. The van der Waals surface area contributed by atoms with Gasteiger partial charge in [-0.2, -0.15) is 0 Å². The summed E-state index contributed by atoms with van der Waals surface area (Å²) in [6, 6.07) is 9.88. The van der Waals surface area contributed by atoms with Crippen LogP contribution in [-0.2, 0) is 14.4 Å². The normalized spacial score (nSPS) is 21.7. The molecule has 0 radical (unpaired) electrons. The Balaban J connectivity index is 1.58. The highest BCUT2D eigenvalue weighted by Gasteiger charge is 2.39. The zero-order valence-electron chi connectivity index (χ0n) is 16.4.